The van der Waals surface area contributed by atoms with Crippen LogP contribution in [0.4, 0.5) is 0 Å². The largest absolute Gasteiger partial charge is 0.420 e. The van der Waals surface area contributed by atoms with Gasteiger partial charge in [-0.05, 0) is 12.1 Å². The summed E-state index contributed by atoms with van der Waals surface area (Å²) in [6.07, 6.45) is 11.1. The quantitative estimate of drug-likeness (QED) is 0.366. The Balaban J connectivity index is 3.29. The minimum Gasteiger partial charge on any atom is -0.420 e. The van der Waals surface area contributed by atoms with Crippen molar-refractivity contribution in [1.82, 2.24) is 0 Å². The van der Waals surface area contributed by atoms with Gasteiger partial charge in [0, 0.05) is 7.11 Å². The van der Waals surface area contributed by atoms with Crippen LogP contribution in [0, 0.1) is 0 Å². The fourth-order valence-corrected chi connectivity index (χ4v) is 3.77. The van der Waals surface area contributed by atoms with Gasteiger partial charge in [-0.3, -0.25) is 0 Å². The Kier molecular flexibility index (Phi) is 12.4. The first-order valence-electron chi connectivity index (χ1n) is 6.73. The summed E-state index contributed by atoms with van der Waals surface area (Å²) in [5.41, 5.74) is 0. The Morgan fingerprint density at radius 2 is 1.20 bits per heavy atom. The summed E-state index contributed by atoms with van der Waals surface area (Å²) in [6, 6.07) is 2.74. The van der Waals surface area contributed by atoms with E-state index in [1.54, 1.807) is 0 Å². The zero-order valence-electron chi connectivity index (χ0n) is 11.0. The molecular weight excluding hydrogens is 200 g/mol. The van der Waals surface area contributed by atoms with Gasteiger partial charge in [0.25, 0.3) is 0 Å². The molecule has 0 aromatic carbocycles. The molecule has 2 heteroatoms. The smallest absolute Gasteiger partial charge is 0.210 e. The zero-order chi connectivity index (χ0) is 11.4. The molecule has 0 heterocycles. The van der Waals surface area contributed by atoms with Gasteiger partial charge in [0.2, 0.25) is 9.04 Å². The van der Waals surface area contributed by atoms with Crippen LogP contribution in [0.3, 0.4) is 0 Å². The van der Waals surface area contributed by atoms with E-state index in [0.29, 0.717) is 0 Å². The van der Waals surface area contributed by atoms with E-state index >= 15 is 0 Å². The van der Waals surface area contributed by atoms with Crippen molar-refractivity contribution in [3.05, 3.63) is 0 Å². The molecule has 0 rings (SSSR count). The second-order valence-corrected chi connectivity index (χ2v) is 6.85. The van der Waals surface area contributed by atoms with Crippen molar-refractivity contribution >= 4 is 9.04 Å². The third-order valence-electron chi connectivity index (χ3n) is 2.91. The first-order chi connectivity index (χ1) is 7.35. The van der Waals surface area contributed by atoms with E-state index in [1.807, 2.05) is 7.11 Å². The van der Waals surface area contributed by atoms with Crippen LogP contribution in [0.25, 0.3) is 0 Å². The molecule has 0 aliphatic heterocycles. The van der Waals surface area contributed by atoms with Crippen molar-refractivity contribution in [1.29, 1.82) is 0 Å². The summed E-state index contributed by atoms with van der Waals surface area (Å²) in [4.78, 5) is 0. The molecule has 0 saturated carbocycles. The molecule has 91 valence electrons. The molecule has 0 fully saturated rings. The van der Waals surface area contributed by atoms with Gasteiger partial charge in [-0.25, -0.2) is 0 Å². The molecule has 1 nitrogen and oxygen atoms in total. The van der Waals surface area contributed by atoms with Gasteiger partial charge in [0.1, 0.15) is 0 Å². The fraction of sp³-hybridized carbons (Fsp3) is 1.00. The first-order valence-corrected chi connectivity index (χ1v) is 8.56. The van der Waals surface area contributed by atoms with Crippen molar-refractivity contribution in [3.63, 3.8) is 0 Å². The lowest BCUT2D eigenvalue weighted by Crippen LogP contribution is -2.15. The van der Waals surface area contributed by atoms with Gasteiger partial charge in [0.05, 0.1) is 0 Å². The van der Waals surface area contributed by atoms with Crippen LogP contribution in [0.15, 0.2) is 0 Å². The molecular formula is C13H29OSi. The summed E-state index contributed by atoms with van der Waals surface area (Å²) in [6.45, 7) is 4.54. The Bertz CT molecular complexity index is 105. The van der Waals surface area contributed by atoms with Gasteiger partial charge < -0.3 is 4.43 Å². The molecule has 0 unspecified atom stereocenters. The van der Waals surface area contributed by atoms with E-state index < -0.39 is 9.04 Å². The topological polar surface area (TPSA) is 9.23 Å². The zero-order valence-corrected chi connectivity index (χ0v) is 12.0. The second kappa shape index (κ2) is 12.2. The molecule has 15 heavy (non-hydrogen) atoms. The molecule has 0 atom stereocenters. The van der Waals surface area contributed by atoms with Crippen LogP contribution in [0.2, 0.25) is 12.1 Å². The van der Waals surface area contributed by atoms with E-state index in [9.17, 15) is 0 Å². The Labute approximate surface area is 98.3 Å². The standard InChI is InChI=1S/C13H29OSi/c1-4-6-8-10-12-15(14-3)13-11-9-7-5-2/h4-13H2,1-3H3. The Morgan fingerprint density at radius 1 is 0.733 bits per heavy atom. The lowest BCUT2D eigenvalue weighted by molar-refractivity contribution is 0.412. The van der Waals surface area contributed by atoms with Gasteiger partial charge in [-0.1, -0.05) is 65.2 Å². The van der Waals surface area contributed by atoms with Crippen molar-refractivity contribution < 1.29 is 4.43 Å². The number of unbranched alkanes of at least 4 members (excludes halogenated alkanes) is 6. The number of hydrogen-bond donors (Lipinski definition) is 0. The third-order valence-corrected chi connectivity index (χ3v) is 5.31. The predicted molar refractivity (Wildman–Crippen MR) is 70.7 cm³/mol. The normalized spacial score (nSPS) is 11.2. The molecule has 0 bridgehead atoms. The molecule has 0 amide bonds. The van der Waals surface area contributed by atoms with Gasteiger partial charge in [0.15, 0.2) is 0 Å². The molecule has 0 N–H and O–H groups in total. The molecule has 0 aliphatic rings. The summed E-state index contributed by atoms with van der Waals surface area (Å²) in [5.74, 6) is 0. The molecule has 0 aliphatic carbocycles. The maximum atomic E-state index is 5.61. The number of rotatable bonds is 11. The fourth-order valence-electron chi connectivity index (χ4n) is 1.83. The van der Waals surface area contributed by atoms with Crippen LogP contribution in [0.1, 0.15) is 65.2 Å². The highest BCUT2D eigenvalue weighted by Crippen LogP contribution is 2.13. The van der Waals surface area contributed by atoms with Crippen molar-refractivity contribution in [3.8, 4) is 0 Å². The van der Waals surface area contributed by atoms with Crippen LogP contribution in [0.5, 0.6) is 0 Å². The van der Waals surface area contributed by atoms with E-state index in [-0.39, 0.29) is 0 Å². The van der Waals surface area contributed by atoms with E-state index in [2.05, 4.69) is 13.8 Å². The van der Waals surface area contributed by atoms with Crippen molar-refractivity contribution in [2.24, 2.45) is 0 Å². The van der Waals surface area contributed by atoms with Gasteiger partial charge in [-0.15, -0.1) is 0 Å². The van der Waals surface area contributed by atoms with E-state index in [4.69, 9.17) is 4.43 Å². The Morgan fingerprint density at radius 3 is 1.53 bits per heavy atom. The third kappa shape index (κ3) is 10.5. The maximum absolute atomic E-state index is 5.61. The monoisotopic (exact) mass is 229 g/mol. The number of hydrogen-bond acceptors (Lipinski definition) is 1. The maximum Gasteiger partial charge on any atom is 0.210 e. The Hall–Kier alpha value is 0.177. The average molecular weight is 229 g/mol. The molecule has 0 spiro atoms. The molecule has 0 aromatic heterocycles. The summed E-state index contributed by atoms with van der Waals surface area (Å²) < 4.78 is 5.61. The highest BCUT2D eigenvalue weighted by Gasteiger charge is 2.10. The van der Waals surface area contributed by atoms with Gasteiger partial charge >= 0.3 is 0 Å². The summed E-state index contributed by atoms with van der Waals surface area (Å²) >= 11 is 0. The van der Waals surface area contributed by atoms with Crippen LogP contribution in [-0.4, -0.2) is 16.2 Å². The predicted octanol–water partition coefficient (Wildman–Crippen LogP) is 4.78. The highest BCUT2D eigenvalue weighted by atomic mass is 28.3. The molecule has 0 saturated heterocycles. The second-order valence-electron chi connectivity index (χ2n) is 4.36. The van der Waals surface area contributed by atoms with Crippen molar-refractivity contribution in [2.75, 3.05) is 7.11 Å². The lowest BCUT2D eigenvalue weighted by Gasteiger charge is -2.11. The van der Waals surface area contributed by atoms with E-state index in [1.165, 1.54) is 63.5 Å². The van der Waals surface area contributed by atoms with E-state index in [0.717, 1.165) is 0 Å². The average Bonchev–Trinajstić information content (AvgIpc) is 2.27. The highest BCUT2D eigenvalue weighted by molar-refractivity contribution is 6.51. The van der Waals surface area contributed by atoms with Crippen LogP contribution < -0.4 is 0 Å². The van der Waals surface area contributed by atoms with Crippen molar-refractivity contribution in [2.45, 2.75) is 77.3 Å². The van der Waals surface area contributed by atoms with Gasteiger partial charge in [-0.2, -0.15) is 0 Å². The van der Waals surface area contributed by atoms with Crippen LogP contribution >= 0.6 is 0 Å². The summed E-state index contributed by atoms with van der Waals surface area (Å²) in [7, 11) is 1.47. The first kappa shape index (κ1) is 15.2. The molecule has 0 aromatic rings. The van der Waals surface area contributed by atoms with Crippen LogP contribution in [-0.2, 0) is 4.43 Å². The lowest BCUT2D eigenvalue weighted by atomic mass is 10.2. The molecule has 1 radical (unpaired) electrons. The minimum atomic E-state index is -0.445. The summed E-state index contributed by atoms with van der Waals surface area (Å²) in [5, 5.41) is 0. The minimum absolute atomic E-state index is 0.445. The SMILES string of the molecule is CCCCCC[Si](CCCCCC)OC.